The first-order valence-corrected chi connectivity index (χ1v) is 8.93. The van der Waals surface area contributed by atoms with E-state index in [0.29, 0.717) is 5.75 Å². The number of phenols is 1. The molecule has 1 aromatic carbocycles. The molecule has 2 aromatic rings. The highest BCUT2D eigenvalue weighted by Gasteiger charge is 2.30. The van der Waals surface area contributed by atoms with Gasteiger partial charge in [-0.05, 0) is 23.6 Å². The first-order valence-electron chi connectivity index (χ1n) is 7.26. The van der Waals surface area contributed by atoms with Gasteiger partial charge in [-0.15, -0.1) is 36.2 Å². The number of nitrogens with zero attached hydrogens (tertiary/aromatic N) is 1. The van der Waals surface area contributed by atoms with E-state index in [4.69, 9.17) is 4.74 Å². The van der Waals surface area contributed by atoms with Gasteiger partial charge in [-0.2, -0.15) is 0 Å². The second-order valence-electron chi connectivity index (χ2n) is 5.22. The Kier molecular flexibility index (Phi) is 8.84. The fourth-order valence-corrected chi connectivity index (χ4v) is 4.28. The Morgan fingerprint density at radius 1 is 1.25 bits per heavy atom. The summed E-state index contributed by atoms with van der Waals surface area (Å²) in [5.41, 5.74) is 0.878. The van der Waals surface area contributed by atoms with Crippen molar-refractivity contribution >= 4 is 52.1 Å². The van der Waals surface area contributed by atoms with E-state index in [9.17, 15) is 5.11 Å². The number of phenolic OH excluding ortho intramolecular Hbond substituents is 1. The molecular weight excluding hydrogens is 435 g/mol. The standard InChI is InChI=1S/C16H19BrN2O2S.2ClH/c1-21-12-5-4-11(17)14(16(12)20)15(13-3-2-10-22-13)19-8-6-18-7-9-19;;/h2-5,10,15,18,20H,6-9H2,1H3;2*1H/t15-;;/m0../s1. The summed E-state index contributed by atoms with van der Waals surface area (Å²) < 4.78 is 6.20. The smallest absolute Gasteiger partial charge is 0.164 e. The third-order valence-corrected chi connectivity index (χ3v) is 5.57. The fourth-order valence-electron chi connectivity index (χ4n) is 2.88. The quantitative estimate of drug-likeness (QED) is 0.729. The summed E-state index contributed by atoms with van der Waals surface area (Å²) in [6, 6.07) is 7.94. The minimum atomic E-state index is 0. The van der Waals surface area contributed by atoms with E-state index in [1.54, 1.807) is 24.5 Å². The van der Waals surface area contributed by atoms with Gasteiger partial charge >= 0.3 is 0 Å². The highest BCUT2D eigenvalue weighted by Crippen LogP contribution is 2.44. The molecule has 4 nitrogen and oxygen atoms in total. The first-order chi connectivity index (χ1) is 10.7. The van der Waals surface area contributed by atoms with Crippen LogP contribution in [0.2, 0.25) is 0 Å². The second-order valence-corrected chi connectivity index (χ2v) is 7.05. The molecule has 1 fully saturated rings. The van der Waals surface area contributed by atoms with Gasteiger partial charge in [-0.25, -0.2) is 0 Å². The number of thiophene rings is 1. The van der Waals surface area contributed by atoms with Crippen LogP contribution in [0.3, 0.4) is 0 Å². The van der Waals surface area contributed by atoms with Crippen molar-refractivity contribution in [2.45, 2.75) is 6.04 Å². The Morgan fingerprint density at radius 2 is 1.96 bits per heavy atom. The van der Waals surface area contributed by atoms with Gasteiger partial charge in [-0.3, -0.25) is 4.90 Å². The lowest BCUT2D eigenvalue weighted by atomic mass is 10.0. The minimum Gasteiger partial charge on any atom is -0.504 e. The summed E-state index contributed by atoms with van der Waals surface area (Å²) >= 11 is 5.33. The molecule has 0 spiro atoms. The molecule has 1 aromatic heterocycles. The lowest BCUT2D eigenvalue weighted by Crippen LogP contribution is -2.45. The molecule has 2 N–H and O–H groups in total. The maximum atomic E-state index is 10.7. The van der Waals surface area contributed by atoms with Gasteiger partial charge in [-0.1, -0.05) is 22.0 Å². The molecule has 0 unspecified atom stereocenters. The number of piperazine rings is 1. The summed E-state index contributed by atoms with van der Waals surface area (Å²) in [7, 11) is 1.58. The van der Waals surface area contributed by atoms with Gasteiger partial charge < -0.3 is 15.2 Å². The van der Waals surface area contributed by atoms with Gasteiger partial charge in [0.05, 0.1) is 13.2 Å². The topological polar surface area (TPSA) is 44.7 Å². The number of aromatic hydroxyl groups is 1. The van der Waals surface area contributed by atoms with E-state index in [1.165, 1.54) is 4.88 Å². The number of ether oxygens (including phenoxy) is 1. The predicted molar refractivity (Wildman–Crippen MR) is 107 cm³/mol. The van der Waals surface area contributed by atoms with Crippen LogP contribution in [0.5, 0.6) is 11.5 Å². The van der Waals surface area contributed by atoms with Crippen LogP contribution in [0.4, 0.5) is 0 Å². The highest BCUT2D eigenvalue weighted by molar-refractivity contribution is 9.10. The molecule has 0 amide bonds. The van der Waals surface area contributed by atoms with E-state index in [2.05, 4.69) is 43.7 Å². The molecule has 3 rings (SSSR count). The largest absolute Gasteiger partial charge is 0.504 e. The van der Waals surface area contributed by atoms with Crippen molar-refractivity contribution in [3.05, 3.63) is 44.6 Å². The van der Waals surface area contributed by atoms with Gasteiger partial charge in [0.25, 0.3) is 0 Å². The van der Waals surface area contributed by atoms with Crippen molar-refractivity contribution in [1.29, 1.82) is 0 Å². The number of benzene rings is 1. The molecule has 1 aliphatic heterocycles. The van der Waals surface area contributed by atoms with Crippen LogP contribution in [0.15, 0.2) is 34.1 Å². The SMILES string of the molecule is COc1ccc(Br)c([C@H](c2cccs2)N2CCNCC2)c1O.Cl.Cl. The normalized spacial score (nSPS) is 15.9. The predicted octanol–water partition coefficient (Wildman–Crippen LogP) is 4.06. The molecule has 134 valence electrons. The number of hydrogen-bond donors (Lipinski definition) is 2. The maximum absolute atomic E-state index is 10.7. The Balaban J connectivity index is 0.00000144. The van der Waals surface area contributed by atoms with Crippen LogP contribution in [0.1, 0.15) is 16.5 Å². The Bertz CT molecular complexity index is 637. The molecular formula is C16H21BrCl2N2O2S. The zero-order valence-corrected chi connectivity index (χ0v) is 17.2. The first kappa shape index (κ1) is 21.5. The molecule has 24 heavy (non-hydrogen) atoms. The Hall–Kier alpha value is -0.500. The molecule has 0 radical (unpaired) electrons. The average Bonchev–Trinajstić information content (AvgIpc) is 3.06. The average molecular weight is 456 g/mol. The summed E-state index contributed by atoms with van der Waals surface area (Å²) in [6.45, 7) is 3.83. The summed E-state index contributed by atoms with van der Waals surface area (Å²) in [4.78, 5) is 3.63. The molecule has 2 heterocycles. The van der Waals surface area contributed by atoms with Crippen LogP contribution in [-0.4, -0.2) is 43.3 Å². The van der Waals surface area contributed by atoms with Crippen molar-refractivity contribution in [1.82, 2.24) is 10.2 Å². The fraction of sp³-hybridized carbons (Fsp3) is 0.375. The zero-order valence-electron chi connectivity index (χ0n) is 13.2. The number of methoxy groups -OCH3 is 1. The number of hydrogen-bond acceptors (Lipinski definition) is 5. The van der Waals surface area contributed by atoms with Crippen molar-refractivity contribution < 1.29 is 9.84 Å². The number of halogens is 3. The number of nitrogens with one attached hydrogen (secondary N) is 1. The van der Waals surface area contributed by atoms with Gasteiger partial charge in [0.1, 0.15) is 0 Å². The number of rotatable bonds is 4. The second kappa shape index (κ2) is 9.85. The zero-order chi connectivity index (χ0) is 15.5. The van der Waals surface area contributed by atoms with Gasteiger partial charge in [0.15, 0.2) is 11.5 Å². The molecule has 0 bridgehead atoms. The van der Waals surface area contributed by atoms with Crippen molar-refractivity contribution in [3.63, 3.8) is 0 Å². The lowest BCUT2D eigenvalue weighted by Gasteiger charge is -2.35. The van der Waals surface area contributed by atoms with Crippen LogP contribution in [-0.2, 0) is 0 Å². The van der Waals surface area contributed by atoms with E-state index in [0.717, 1.165) is 36.2 Å². The summed E-state index contributed by atoms with van der Waals surface area (Å²) in [6.07, 6.45) is 0. The summed E-state index contributed by atoms with van der Waals surface area (Å²) in [5.74, 6) is 0.726. The Labute approximate surface area is 167 Å². The van der Waals surface area contributed by atoms with Crippen LogP contribution >= 0.6 is 52.1 Å². The molecule has 0 saturated carbocycles. The van der Waals surface area contributed by atoms with Crippen molar-refractivity contribution in [2.24, 2.45) is 0 Å². The van der Waals surface area contributed by atoms with Gasteiger partial charge in [0.2, 0.25) is 0 Å². The van der Waals surface area contributed by atoms with Crippen molar-refractivity contribution in [2.75, 3.05) is 33.3 Å². The maximum Gasteiger partial charge on any atom is 0.164 e. The molecule has 8 heteroatoms. The Morgan fingerprint density at radius 3 is 2.54 bits per heavy atom. The highest BCUT2D eigenvalue weighted by atomic mass is 79.9. The van der Waals surface area contributed by atoms with E-state index >= 15 is 0 Å². The molecule has 1 atom stereocenters. The monoisotopic (exact) mass is 454 g/mol. The molecule has 1 saturated heterocycles. The van der Waals surface area contributed by atoms with Crippen LogP contribution < -0.4 is 10.1 Å². The van der Waals surface area contributed by atoms with Gasteiger partial charge in [0, 0.05) is 41.1 Å². The van der Waals surface area contributed by atoms with Crippen LogP contribution in [0, 0.1) is 0 Å². The molecule has 1 aliphatic rings. The molecule has 0 aliphatic carbocycles. The third-order valence-electron chi connectivity index (χ3n) is 3.95. The van der Waals surface area contributed by atoms with Crippen LogP contribution in [0.25, 0.3) is 0 Å². The van der Waals surface area contributed by atoms with E-state index in [-0.39, 0.29) is 36.6 Å². The third kappa shape index (κ3) is 4.36. The minimum absolute atomic E-state index is 0. The van der Waals surface area contributed by atoms with Crippen molar-refractivity contribution in [3.8, 4) is 11.5 Å². The van der Waals surface area contributed by atoms with E-state index < -0.39 is 0 Å². The van der Waals surface area contributed by atoms with E-state index in [1.807, 2.05) is 6.07 Å². The summed E-state index contributed by atoms with van der Waals surface area (Å²) in [5, 5.41) is 16.1. The lowest BCUT2D eigenvalue weighted by molar-refractivity contribution is 0.197.